The number of aryl methyl sites for hydroxylation is 13. The van der Waals surface area contributed by atoms with E-state index < -0.39 is 29.0 Å². The van der Waals surface area contributed by atoms with Crippen molar-refractivity contribution in [1.82, 2.24) is 0 Å². The summed E-state index contributed by atoms with van der Waals surface area (Å²) in [6, 6.07) is 65.8. The van der Waals surface area contributed by atoms with E-state index in [4.69, 9.17) is 135 Å². The van der Waals surface area contributed by atoms with Crippen molar-refractivity contribution in [3.63, 3.8) is 0 Å². The first-order valence-electron chi connectivity index (χ1n) is 46.8. The summed E-state index contributed by atoms with van der Waals surface area (Å²) in [5.41, 5.74) is 18.7. The maximum atomic E-state index is 13.4. The van der Waals surface area contributed by atoms with E-state index in [1.807, 2.05) is 223 Å². The Morgan fingerprint density at radius 3 is 0.839 bits per heavy atom. The van der Waals surface area contributed by atoms with Gasteiger partial charge >= 0.3 is 6.18 Å². The van der Waals surface area contributed by atoms with Crippen molar-refractivity contribution in [3.05, 3.63) is 341 Å². The van der Waals surface area contributed by atoms with Gasteiger partial charge in [-0.3, -0.25) is 31.2 Å². The summed E-state index contributed by atoms with van der Waals surface area (Å²) < 4.78 is 142. The van der Waals surface area contributed by atoms with Crippen LogP contribution in [0.4, 0.5) is 56.1 Å². The predicted octanol–water partition coefficient (Wildman–Crippen LogP) is 27.9. The van der Waals surface area contributed by atoms with E-state index in [1.165, 1.54) is 89.2 Å². The number of anilines is 6. The van der Waals surface area contributed by atoms with Gasteiger partial charge in [0.05, 0.1) is 84.7 Å². The van der Waals surface area contributed by atoms with Gasteiger partial charge in [-0.25, -0.2) is 8.78 Å². The van der Waals surface area contributed by atoms with Crippen LogP contribution >= 0.6 is 73.3 Å². The summed E-state index contributed by atoms with van der Waals surface area (Å²) in [6.45, 7) is 29.2. The normalized spacial score (nSPS) is 11.0. The van der Waals surface area contributed by atoms with E-state index in [1.54, 1.807) is 24.3 Å². The van der Waals surface area contributed by atoms with E-state index in [0.29, 0.717) is 82.1 Å². The average molecular weight is 2160 g/mol. The molecule has 0 bridgehead atoms. The molecule has 0 radical (unpaired) electrons. The maximum absolute atomic E-state index is 13.4. The summed E-state index contributed by atoms with van der Waals surface area (Å²) in [5, 5.41) is 65.1. The molecule has 1 saturated carbocycles. The van der Waals surface area contributed by atoms with Crippen LogP contribution in [0.5, 0.6) is 46.0 Å². The second kappa shape index (κ2) is 58.5. The molecule has 0 atom stereocenters. The summed E-state index contributed by atoms with van der Waals surface area (Å²) in [7, 11) is 9.63. The molecule has 0 unspecified atom stereocenters. The van der Waals surface area contributed by atoms with Crippen molar-refractivity contribution in [3.8, 4) is 46.0 Å². The van der Waals surface area contributed by atoms with Crippen molar-refractivity contribution in [2.24, 2.45) is 0 Å². The Balaban J connectivity index is 0.000000218. The van der Waals surface area contributed by atoms with Crippen LogP contribution in [-0.2, 0) is 80.7 Å². The van der Waals surface area contributed by atoms with Gasteiger partial charge in [0.2, 0.25) is 0 Å². The Morgan fingerprint density at radius 2 is 0.544 bits per heavy atom. The number of rotatable bonds is 30. The Hall–Kier alpha value is -13.4. The number of methoxy groups -OCH3 is 7. The summed E-state index contributed by atoms with van der Waals surface area (Å²) in [5.74, 6) is 5.86. The van der Waals surface area contributed by atoms with Crippen LogP contribution in [0.25, 0.3) is 0 Å². The first kappa shape index (κ1) is 121. The highest BCUT2D eigenvalue weighted by atomic mass is 32.1. The van der Waals surface area contributed by atoms with Gasteiger partial charge in [-0.05, 0) is 288 Å². The van der Waals surface area contributed by atoms with E-state index in [0.717, 1.165) is 154 Å². The summed E-state index contributed by atoms with van der Waals surface area (Å²) >= 11 is 29.8. The lowest BCUT2D eigenvalue weighted by atomic mass is 10.0. The molecule has 37 heteroatoms. The van der Waals surface area contributed by atoms with Gasteiger partial charge in [0.25, 0.3) is 37.5 Å². The molecule has 1 fully saturated rings. The zero-order chi connectivity index (χ0) is 110. The van der Waals surface area contributed by atoms with Crippen LogP contribution in [0, 0.1) is 83.1 Å². The molecule has 12 aromatic rings. The Morgan fingerprint density at radius 1 is 0.295 bits per heavy atom. The summed E-state index contributed by atoms with van der Waals surface area (Å²) in [6.07, 6.45) is -4.46. The number of para-hydroxylation sites is 6. The van der Waals surface area contributed by atoms with E-state index in [-0.39, 0.29) is 74.2 Å². The monoisotopic (exact) mass is 2160 g/mol. The number of hydroxylamine groups is 6. The van der Waals surface area contributed by atoms with Gasteiger partial charge in [-0.1, -0.05) is 204 Å². The number of hydrogen-bond donors (Lipinski definition) is 6. The standard InChI is InChI=1S/C20H23NO3S.C19H23NO4S.C19H23NO3S.C18H18F3NO3S.C18H19F2NO3S.C18H21NO4S/c1-13-7-10-18(14(2)11-13)24-12-16-5-4-6-17(15-8-9-15)19(16)21(22)20(25)23-3;1-5-23-17-8-6-7-15(18(17)20(21)19(25)22-4)12-24-16-10-9-13(2)11-14(16)3;1-5-15-7-6-8-16(18(15)20(21)19(24)22-4)12-23-17-10-9-13(2)11-14(17)3;1-11-7-8-15(12(2)9-11)25-10-13-5-4-6-14(18(19,20)21)16(13)22(23)17(26)24-3;1-11-7-8-15(12(2)9-11)24-10-13-5-4-6-14(17(19)20)16(13)21(22)18(25)23-3;1-12-8-9-15(13(2)10-12)23-11-14-6-5-7-16(21-3)17(14)19(20)18(24)22-4/h4-7,10-11,15,22H,8-9,12H2,1-3H3;6-11,21H,5,12H2,1-4H3;6-11,21H,5,12H2,1-4H3;4-9,23H,10H2,1-3H3;4-9,17,22H,10H2,1-3H3;5-10,20H,11H2,1-4H3. The number of alkyl halides is 5. The maximum Gasteiger partial charge on any atom is 0.418 e. The molecule has 796 valence electrons. The van der Waals surface area contributed by atoms with Crippen molar-refractivity contribution in [1.29, 1.82) is 0 Å². The van der Waals surface area contributed by atoms with Crippen molar-refractivity contribution in [2.45, 2.75) is 174 Å². The van der Waals surface area contributed by atoms with Crippen LogP contribution in [0.2, 0.25) is 0 Å². The fourth-order valence-electron chi connectivity index (χ4n) is 15.4. The van der Waals surface area contributed by atoms with Gasteiger partial charge in [0.1, 0.15) is 97.0 Å². The molecule has 149 heavy (non-hydrogen) atoms. The molecule has 0 spiro atoms. The van der Waals surface area contributed by atoms with Crippen molar-refractivity contribution < 1.29 is 120 Å². The molecule has 13 rings (SSSR count). The second-order valence-electron chi connectivity index (χ2n) is 34.1. The molecule has 0 aromatic heterocycles. The van der Waals surface area contributed by atoms with Gasteiger partial charge in [-0.15, -0.1) is 0 Å². The lowest BCUT2D eigenvalue weighted by Gasteiger charge is -2.24. The average Bonchev–Trinajstić information content (AvgIpc) is 1.56. The highest BCUT2D eigenvalue weighted by Crippen LogP contribution is 2.47. The molecule has 1 aliphatic rings. The molecular formula is C112H127F5N6O20S6. The van der Waals surface area contributed by atoms with Crippen LogP contribution in [0.15, 0.2) is 218 Å². The van der Waals surface area contributed by atoms with Crippen LogP contribution in [0.1, 0.15) is 161 Å². The molecule has 0 amide bonds. The lowest BCUT2D eigenvalue weighted by molar-refractivity contribution is -0.137. The number of benzene rings is 12. The van der Waals surface area contributed by atoms with Crippen LogP contribution < -0.4 is 68.3 Å². The minimum Gasteiger partial charge on any atom is -0.494 e. The highest BCUT2D eigenvalue weighted by Gasteiger charge is 2.38. The molecule has 6 N–H and O–H groups in total. The van der Waals surface area contributed by atoms with Crippen molar-refractivity contribution >= 4 is 138 Å². The van der Waals surface area contributed by atoms with Gasteiger partial charge < -0.3 is 66.3 Å². The number of hydrogen-bond acceptors (Lipinski definition) is 26. The van der Waals surface area contributed by atoms with Crippen LogP contribution in [-0.4, -0.2) is 119 Å². The van der Waals surface area contributed by atoms with Crippen LogP contribution in [0.3, 0.4) is 0 Å². The number of nitrogens with zero attached hydrogens (tertiary/aromatic N) is 6. The molecule has 0 aliphatic heterocycles. The van der Waals surface area contributed by atoms with E-state index in [2.05, 4.69) is 42.8 Å². The summed E-state index contributed by atoms with van der Waals surface area (Å²) in [4.78, 5) is 0. The minimum absolute atomic E-state index is 0.00339. The zero-order valence-electron chi connectivity index (χ0n) is 86.9. The lowest BCUT2D eigenvalue weighted by Crippen LogP contribution is -2.30. The van der Waals surface area contributed by atoms with Crippen molar-refractivity contribution in [2.75, 3.05) is 86.8 Å². The second-order valence-corrected chi connectivity index (χ2v) is 36.2. The largest absolute Gasteiger partial charge is 0.494 e. The molecule has 0 saturated heterocycles. The fourth-order valence-corrected chi connectivity index (χ4v) is 16.0. The third-order valence-corrected chi connectivity index (χ3v) is 24.9. The fraction of sp³-hybridized carbons (Fsp3) is 0.304. The molecule has 12 aromatic carbocycles. The Kier molecular flexibility index (Phi) is 47.4. The molecule has 0 heterocycles. The number of thiocarbonyl (C=S) groups is 6. The van der Waals surface area contributed by atoms with Gasteiger partial charge in [0, 0.05) is 38.9 Å². The SMILES string of the molecule is CCOc1cccc(COc2ccc(C)cc2C)c1N(O)C(=S)OC.CCc1cccc(COc2ccc(C)cc2C)c1N(O)C(=S)OC.COC(=S)N(O)c1c(COc2ccc(C)cc2C)cccc1C(F)(F)F.COC(=S)N(O)c1c(COc2ccc(C)cc2C)cccc1C(F)F.COC(=S)N(O)c1c(COc2ccc(C)cc2C)cccc1C1CC1.COC(=S)N(O)c1c(COc2ccc(C)cc2C)cccc1OC. The number of halogens is 5. The third-order valence-electron chi connectivity index (χ3n) is 22.9. The molecular weight excluding hydrogens is 2040 g/mol. The minimum atomic E-state index is -4.69. The molecule has 1 aliphatic carbocycles. The quantitative estimate of drug-likeness (QED) is 0.0139. The Bertz CT molecular complexity index is 6340. The smallest absolute Gasteiger partial charge is 0.418 e. The predicted molar refractivity (Wildman–Crippen MR) is 592 cm³/mol. The van der Waals surface area contributed by atoms with E-state index in [9.17, 15) is 53.2 Å². The third kappa shape index (κ3) is 34.3. The zero-order valence-corrected chi connectivity index (χ0v) is 91.8. The van der Waals surface area contributed by atoms with E-state index >= 15 is 0 Å². The topological polar surface area (TPSA) is 270 Å². The highest BCUT2D eigenvalue weighted by molar-refractivity contribution is 7.81. The van der Waals surface area contributed by atoms with Gasteiger partial charge in [-0.2, -0.15) is 43.6 Å². The molecule has 26 nitrogen and oxygen atoms in total. The number of ether oxygens (including phenoxy) is 14. The first-order chi connectivity index (χ1) is 70.9. The Labute approximate surface area is 899 Å². The van der Waals surface area contributed by atoms with Gasteiger partial charge in [0.15, 0.2) is 0 Å². The first-order valence-corrected chi connectivity index (χ1v) is 49.2.